The zero-order valence-corrected chi connectivity index (χ0v) is 8.76. The summed E-state index contributed by atoms with van der Waals surface area (Å²) in [6, 6.07) is 1.97. The van der Waals surface area contributed by atoms with Gasteiger partial charge in [0.2, 0.25) is 0 Å². The maximum atomic E-state index is 5.14. The number of rotatable bonds is 3. The van der Waals surface area contributed by atoms with Gasteiger partial charge >= 0.3 is 0 Å². The maximum Gasteiger partial charge on any atom is 0.150 e. The van der Waals surface area contributed by atoms with Gasteiger partial charge in [0, 0.05) is 18.2 Å². The summed E-state index contributed by atoms with van der Waals surface area (Å²) < 4.78 is 5.14. The number of hydrogen-bond acceptors (Lipinski definition) is 4. The van der Waals surface area contributed by atoms with E-state index < -0.39 is 0 Å². The highest BCUT2D eigenvalue weighted by Crippen LogP contribution is 2.14. The molecule has 1 atom stereocenters. The fourth-order valence-electron chi connectivity index (χ4n) is 1.77. The SMILES string of the molecule is Cc1cc(CNC2(C)CCNC2)on1. The normalized spacial score (nSPS) is 27.0. The molecule has 0 bridgehead atoms. The van der Waals surface area contributed by atoms with E-state index in [4.69, 9.17) is 4.52 Å². The molecule has 2 N–H and O–H groups in total. The van der Waals surface area contributed by atoms with Gasteiger partial charge in [0.1, 0.15) is 0 Å². The highest BCUT2D eigenvalue weighted by Gasteiger charge is 2.27. The number of aryl methyl sites for hydroxylation is 1. The van der Waals surface area contributed by atoms with Gasteiger partial charge in [-0.25, -0.2) is 0 Å². The van der Waals surface area contributed by atoms with E-state index in [-0.39, 0.29) is 5.54 Å². The van der Waals surface area contributed by atoms with Crippen molar-refractivity contribution in [1.29, 1.82) is 0 Å². The molecule has 1 aliphatic heterocycles. The fraction of sp³-hybridized carbons (Fsp3) is 0.700. The molecule has 4 heteroatoms. The summed E-state index contributed by atoms with van der Waals surface area (Å²) in [6.45, 7) is 7.06. The molecule has 2 heterocycles. The largest absolute Gasteiger partial charge is 0.360 e. The molecule has 14 heavy (non-hydrogen) atoms. The van der Waals surface area contributed by atoms with Gasteiger partial charge < -0.3 is 15.2 Å². The predicted molar refractivity (Wildman–Crippen MR) is 54.0 cm³/mol. The van der Waals surface area contributed by atoms with E-state index in [0.717, 1.165) is 31.1 Å². The van der Waals surface area contributed by atoms with Crippen LogP contribution in [0.4, 0.5) is 0 Å². The van der Waals surface area contributed by atoms with E-state index in [0.29, 0.717) is 0 Å². The zero-order chi connectivity index (χ0) is 10.0. The average Bonchev–Trinajstić information content (AvgIpc) is 2.73. The first-order valence-electron chi connectivity index (χ1n) is 5.06. The molecule has 0 aromatic carbocycles. The highest BCUT2D eigenvalue weighted by molar-refractivity contribution is 5.04. The van der Waals surface area contributed by atoms with Crippen LogP contribution in [0, 0.1) is 6.92 Å². The summed E-state index contributed by atoms with van der Waals surface area (Å²) in [4.78, 5) is 0. The van der Waals surface area contributed by atoms with E-state index in [1.54, 1.807) is 0 Å². The number of hydrogen-bond donors (Lipinski definition) is 2. The van der Waals surface area contributed by atoms with E-state index >= 15 is 0 Å². The van der Waals surface area contributed by atoms with Crippen LogP contribution in [0.1, 0.15) is 24.8 Å². The lowest BCUT2D eigenvalue weighted by Gasteiger charge is -2.23. The fourth-order valence-corrected chi connectivity index (χ4v) is 1.77. The predicted octanol–water partition coefficient (Wildman–Crippen LogP) is 0.825. The Balaban J connectivity index is 1.87. The number of nitrogens with one attached hydrogen (secondary N) is 2. The van der Waals surface area contributed by atoms with Crippen LogP contribution in [0.2, 0.25) is 0 Å². The Labute approximate surface area is 84.0 Å². The monoisotopic (exact) mass is 195 g/mol. The summed E-state index contributed by atoms with van der Waals surface area (Å²) in [6.07, 6.45) is 1.17. The molecule has 0 amide bonds. The van der Waals surface area contributed by atoms with Gasteiger partial charge in [-0.15, -0.1) is 0 Å². The van der Waals surface area contributed by atoms with Crippen LogP contribution in [-0.4, -0.2) is 23.8 Å². The first kappa shape index (κ1) is 9.68. The van der Waals surface area contributed by atoms with E-state index in [2.05, 4.69) is 22.7 Å². The van der Waals surface area contributed by atoms with Gasteiger partial charge in [-0.1, -0.05) is 5.16 Å². The van der Waals surface area contributed by atoms with Crippen LogP contribution >= 0.6 is 0 Å². The van der Waals surface area contributed by atoms with Crippen LogP contribution in [-0.2, 0) is 6.54 Å². The number of aromatic nitrogens is 1. The molecule has 0 spiro atoms. The summed E-state index contributed by atoms with van der Waals surface area (Å²) in [5.74, 6) is 0.913. The standard InChI is InChI=1S/C10H17N3O/c1-8-5-9(14-13-8)6-12-10(2)3-4-11-7-10/h5,11-12H,3-4,6-7H2,1-2H3. The van der Waals surface area contributed by atoms with E-state index in [9.17, 15) is 0 Å². The van der Waals surface area contributed by atoms with Crippen molar-refractivity contribution in [1.82, 2.24) is 15.8 Å². The Morgan fingerprint density at radius 3 is 3.14 bits per heavy atom. The lowest BCUT2D eigenvalue weighted by molar-refractivity contribution is 0.327. The third kappa shape index (κ3) is 2.13. The van der Waals surface area contributed by atoms with Crippen molar-refractivity contribution in [2.75, 3.05) is 13.1 Å². The van der Waals surface area contributed by atoms with Crippen molar-refractivity contribution in [2.45, 2.75) is 32.4 Å². The zero-order valence-electron chi connectivity index (χ0n) is 8.76. The molecule has 1 aliphatic rings. The molecule has 1 aromatic rings. The van der Waals surface area contributed by atoms with Crippen molar-refractivity contribution in [2.24, 2.45) is 0 Å². The second-order valence-electron chi connectivity index (χ2n) is 4.28. The van der Waals surface area contributed by atoms with Crippen LogP contribution in [0.5, 0.6) is 0 Å². The van der Waals surface area contributed by atoms with Crippen LogP contribution in [0.15, 0.2) is 10.6 Å². The molecule has 1 unspecified atom stereocenters. The molecule has 0 aliphatic carbocycles. The van der Waals surface area contributed by atoms with Crippen molar-refractivity contribution in [3.05, 3.63) is 17.5 Å². The van der Waals surface area contributed by atoms with Gasteiger partial charge in [0.15, 0.2) is 5.76 Å². The maximum absolute atomic E-state index is 5.14. The molecular weight excluding hydrogens is 178 g/mol. The lowest BCUT2D eigenvalue weighted by atomic mass is 10.0. The second kappa shape index (κ2) is 3.71. The number of nitrogens with zero attached hydrogens (tertiary/aromatic N) is 1. The minimum Gasteiger partial charge on any atom is -0.360 e. The second-order valence-corrected chi connectivity index (χ2v) is 4.28. The van der Waals surface area contributed by atoms with Crippen LogP contribution in [0.3, 0.4) is 0 Å². The Morgan fingerprint density at radius 2 is 2.57 bits per heavy atom. The van der Waals surface area contributed by atoms with Gasteiger partial charge in [-0.2, -0.15) is 0 Å². The molecule has 1 saturated heterocycles. The highest BCUT2D eigenvalue weighted by atomic mass is 16.5. The summed E-state index contributed by atoms with van der Waals surface area (Å²) in [5.41, 5.74) is 1.15. The van der Waals surface area contributed by atoms with E-state index in [1.807, 2.05) is 13.0 Å². The van der Waals surface area contributed by atoms with Crippen molar-refractivity contribution in [3.8, 4) is 0 Å². The summed E-state index contributed by atoms with van der Waals surface area (Å²) >= 11 is 0. The van der Waals surface area contributed by atoms with Crippen molar-refractivity contribution < 1.29 is 4.52 Å². The third-order valence-corrected chi connectivity index (χ3v) is 2.73. The van der Waals surface area contributed by atoms with Crippen LogP contribution in [0.25, 0.3) is 0 Å². The molecule has 78 valence electrons. The molecule has 0 saturated carbocycles. The molecule has 0 radical (unpaired) electrons. The van der Waals surface area contributed by atoms with Crippen molar-refractivity contribution >= 4 is 0 Å². The third-order valence-electron chi connectivity index (χ3n) is 2.73. The Morgan fingerprint density at radius 1 is 1.71 bits per heavy atom. The van der Waals surface area contributed by atoms with Gasteiger partial charge in [-0.05, 0) is 26.8 Å². The minimum absolute atomic E-state index is 0.209. The van der Waals surface area contributed by atoms with Crippen molar-refractivity contribution in [3.63, 3.8) is 0 Å². The summed E-state index contributed by atoms with van der Waals surface area (Å²) in [5, 5.41) is 10.7. The van der Waals surface area contributed by atoms with Gasteiger partial charge in [-0.3, -0.25) is 0 Å². The Kier molecular flexibility index (Phi) is 2.56. The molecular formula is C10H17N3O. The molecule has 1 aromatic heterocycles. The van der Waals surface area contributed by atoms with E-state index in [1.165, 1.54) is 6.42 Å². The molecule has 1 fully saturated rings. The smallest absolute Gasteiger partial charge is 0.150 e. The minimum atomic E-state index is 0.209. The lowest BCUT2D eigenvalue weighted by Crippen LogP contribution is -2.43. The van der Waals surface area contributed by atoms with Gasteiger partial charge in [0.25, 0.3) is 0 Å². The van der Waals surface area contributed by atoms with Gasteiger partial charge in [0.05, 0.1) is 12.2 Å². The first-order chi connectivity index (χ1) is 6.68. The summed E-state index contributed by atoms with van der Waals surface area (Å²) in [7, 11) is 0. The van der Waals surface area contributed by atoms with Crippen LogP contribution < -0.4 is 10.6 Å². The Hall–Kier alpha value is -0.870. The molecule has 2 rings (SSSR count). The quantitative estimate of drug-likeness (QED) is 0.750. The topological polar surface area (TPSA) is 50.1 Å². The average molecular weight is 195 g/mol. The Bertz CT molecular complexity index is 302. The first-order valence-corrected chi connectivity index (χ1v) is 5.06. The molecule has 4 nitrogen and oxygen atoms in total.